The maximum absolute atomic E-state index is 12.2. The molecule has 21 heavy (non-hydrogen) atoms. The molecule has 1 amide bonds. The van der Waals surface area contributed by atoms with Crippen LogP contribution in [0.1, 0.15) is 10.4 Å². The summed E-state index contributed by atoms with van der Waals surface area (Å²) in [4.78, 5) is 22.5. The number of nitrogens with one attached hydrogen (secondary N) is 1. The van der Waals surface area contributed by atoms with Crippen LogP contribution in [0.25, 0.3) is 0 Å². The highest BCUT2D eigenvalue weighted by molar-refractivity contribution is 9.10. The van der Waals surface area contributed by atoms with Gasteiger partial charge >= 0.3 is 0 Å². The first-order chi connectivity index (χ1) is 9.88. The molecular weight excluding hydrogens is 362 g/mol. The van der Waals surface area contributed by atoms with E-state index in [0.717, 1.165) is 4.47 Å². The number of benzene rings is 2. The largest absolute Gasteiger partial charge is 0.399 e. The average molecular weight is 371 g/mol. The second kappa shape index (κ2) is 6.11. The molecule has 0 saturated carbocycles. The Balaban J connectivity index is 2.36. The van der Waals surface area contributed by atoms with Crippen molar-refractivity contribution in [2.45, 2.75) is 0 Å². The van der Waals surface area contributed by atoms with E-state index in [2.05, 4.69) is 21.2 Å². The Morgan fingerprint density at radius 1 is 1.29 bits per heavy atom. The molecule has 0 aromatic heterocycles. The van der Waals surface area contributed by atoms with Crippen molar-refractivity contribution in [1.29, 1.82) is 0 Å². The molecule has 0 fully saturated rings. The van der Waals surface area contributed by atoms with E-state index in [1.807, 2.05) is 0 Å². The average Bonchev–Trinajstić information content (AvgIpc) is 2.41. The van der Waals surface area contributed by atoms with Gasteiger partial charge < -0.3 is 11.1 Å². The molecule has 8 heteroatoms. The minimum absolute atomic E-state index is 0.126. The van der Waals surface area contributed by atoms with E-state index in [1.54, 1.807) is 18.2 Å². The summed E-state index contributed by atoms with van der Waals surface area (Å²) in [6.45, 7) is 0. The molecule has 0 saturated heterocycles. The van der Waals surface area contributed by atoms with Crippen molar-refractivity contribution in [2.24, 2.45) is 0 Å². The van der Waals surface area contributed by atoms with Gasteiger partial charge in [-0.15, -0.1) is 0 Å². The number of nitro groups is 1. The van der Waals surface area contributed by atoms with Crippen molar-refractivity contribution in [3.05, 3.63) is 61.6 Å². The molecule has 0 aliphatic rings. The van der Waals surface area contributed by atoms with Crippen molar-refractivity contribution < 1.29 is 9.72 Å². The molecule has 2 aromatic rings. The van der Waals surface area contributed by atoms with E-state index < -0.39 is 10.8 Å². The molecule has 0 heterocycles. The van der Waals surface area contributed by atoms with Crippen molar-refractivity contribution in [3.8, 4) is 0 Å². The predicted octanol–water partition coefficient (Wildman–Crippen LogP) is 3.85. The van der Waals surface area contributed by atoms with E-state index in [1.165, 1.54) is 18.2 Å². The van der Waals surface area contributed by atoms with Gasteiger partial charge in [-0.2, -0.15) is 0 Å². The summed E-state index contributed by atoms with van der Waals surface area (Å²) in [6.07, 6.45) is 0. The maximum Gasteiger partial charge on any atom is 0.282 e. The zero-order valence-electron chi connectivity index (χ0n) is 10.5. The van der Waals surface area contributed by atoms with Crippen LogP contribution < -0.4 is 11.1 Å². The number of nitrogen functional groups attached to an aromatic ring is 1. The van der Waals surface area contributed by atoms with Gasteiger partial charge in [0.05, 0.1) is 15.6 Å². The highest BCUT2D eigenvalue weighted by Gasteiger charge is 2.21. The second-order valence-corrected chi connectivity index (χ2v) is 5.43. The first-order valence-corrected chi connectivity index (χ1v) is 6.86. The summed E-state index contributed by atoms with van der Waals surface area (Å²) < 4.78 is 0.750. The van der Waals surface area contributed by atoms with E-state index >= 15 is 0 Å². The number of carbonyl (C=O) groups is 1. The number of carbonyl (C=O) groups excluding carboxylic acids is 1. The van der Waals surface area contributed by atoms with Crippen LogP contribution in [-0.4, -0.2) is 10.8 Å². The fourth-order valence-electron chi connectivity index (χ4n) is 1.68. The maximum atomic E-state index is 12.2. The lowest BCUT2D eigenvalue weighted by Crippen LogP contribution is -2.14. The van der Waals surface area contributed by atoms with Gasteiger partial charge in [-0.1, -0.05) is 27.5 Å². The quantitative estimate of drug-likeness (QED) is 0.487. The first kappa shape index (κ1) is 15.3. The number of nitrogens with zero attached hydrogens (tertiary/aromatic N) is 1. The highest BCUT2D eigenvalue weighted by Crippen LogP contribution is 2.28. The summed E-state index contributed by atoms with van der Waals surface area (Å²) in [5.41, 5.74) is 5.73. The molecule has 0 atom stereocenters. The van der Waals surface area contributed by atoms with Crippen LogP contribution in [-0.2, 0) is 0 Å². The lowest BCUT2D eigenvalue weighted by atomic mass is 10.1. The Hall–Kier alpha value is -2.12. The molecule has 108 valence electrons. The van der Waals surface area contributed by atoms with Crippen molar-refractivity contribution >= 4 is 50.5 Å². The molecule has 6 nitrogen and oxygen atoms in total. The molecule has 3 N–H and O–H groups in total. The van der Waals surface area contributed by atoms with Crippen LogP contribution in [0.15, 0.2) is 40.9 Å². The van der Waals surface area contributed by atoms with Crippen LogP contribution in [0.4, 0.5) is 17.1 Å². The standard InChI is InChI=1S/C13H9BrClN3O3/c14-7-1-3-11(10(15)5-7)17-13(19)9-6-8(16)2-4-12(9)18(20)21/h1-6H,16H2,(H,17,19). The van der Waals surface area contributed by atoms with Crippen LogP contribution in [0.2, 0.25) is 5.02 Å². The topological polar surface area (TPSA) is 98.3 Å². The van der Waals surface area contributed by atoms with E-state index in [0.29, 0.717) is 10.7 Å². The number of nitrogens with two attached hydrogens (primary N) is 1. The van der Waals surface area contributed by atoms with Crippen LogP contribution in [0.5, 0.6) is 0 Å². The molecule has 0 spiro atoms. The Morgan fingerprint density at radius 3 is 2.62 bits per heavy atom. The lowest BCUT2D eigenvalue weighted by Gasteiger charge is -2.08. The minimum atomic E-state index is -0.654. The number of rotatable bonds is 3. The summed E-state index contributed by atoms with van der Waals surface area (Å²) >= 11 is 9.24. The third-order valence-corrected chi connectivity index (χ3v) is 3.45. The smallest absolute Gasteiger partial charge is 0.282 e. The first-order valence-electron chi connectivity index (χ1n) is 5.69. The minimum Gasteiger partial charge on any atom is -0.399 e. The van der Waals surface area contributed by atoms with E-state index in [-0.39, 0.29) is 16.9 Å². The number of anilines is 2. The van der Waals surface area contributed by atoms with E-state index in [4.69, 9.17) is 17.3 Å². The third-order valence-electron chi connectivity index (χ3n) is 2.64. The normalized spacial score (nSPS) is 10.2. The Labute approximate surface area is 133 Å². The number of amides is 1. The fraction of sp³-hybridized carbons (Fsp3) is 0. The molecule has 0 aliphatic carbocycles. The Morgan fingerprint density at radius 2 is 2.00 bits per heavy atom. The Kier molecular flexibility index (Phi) is 4.44. The van der Waals surface area contributed by atoms with E-state index in [9.17, 15) is 14.9 Å². The van der Waals surface area contributed by atoms with Gasteiger partial charge in [0.2, 0.25) is 0 Å². The van der Waals surface area contributed by atoms with Crippen molar-refractivity contribution in [2.75, 3.05) is 11.1 Å². The molecule has 0 aliphatic heterocycles. The van der Waals surface area contributed by atoms with Gasteiger partial charge in [-0.05, 0) is 30.3 Å². The summed E-state index contributed by atoms with van der Waals surface area (Å²) in [7, 11) is 0. The predicted molar refractivity (Wildman–Crippen MR) is 84.6 cm³/mol. The molecule has 0 radical (unpaired) electrons. The Bertz CT molecular complexity index is 737. The van der Waals surface area contributed by atoms with Crippen molar-refractivity contribution in [1.82, 2.24) is 0 Å². The van der Waals surface area contributed by atoms with Gasteiger partial charge in [0.1, 0.15) is 5.56 Å². The molecule has 0 bridgehead atoms. The number of halogens is 2. The summed E-state index contributed by atoms with van der Waals surface area (Å²) in [5.74, 6) is -0.654. The number of nitro benzene ring substituents is 1. The number of hydrogen-bond donors (Lipinski definition) is 2. The lowest BCUT2D eigenvalue weighted by molar-refractivity contribution is -0.385. The monoisotopic (exact) mass is 369 g/mol. The fourth-order valence-corrected chi connectivity index (χ4v) is 2.40. The zero-order valence-corrected chi connectivity index (χ0v) is 12.8. The van der Waals surface area contributed by atoms with Gasteiger partial charge in [-0.25, -0.2) is 0 Å². The number of hydrogen-bond acceptors (Lipinski definition) is 4. The molecular formula is C13H9BrClN3O3. The summed E-state index contributed by atoms with van der Waals surface area (Å²) in [5, 5.41) is 13.8. The SMILES string of the molecule is Nc1ccc([N+](=O)[O-])c(C(=O)Nc2ccc(Br)cc2Cl)c1. The highest BCUT2D eigenvalue weighted by atomic mass is 79.9. The van der Waals surface area contributed by atoms with Gasteiger partial charge in [0, 0.05) is 16.2 Å². The molecule has 0 unspecified atom stereocenters. The van der Waals surface area contributed by atoms with Crippen LogP contribution in [0, 0.1) is 10.1 Å². The second-order valence-electron chi connectivity index (χ2n) is 4.11. The molecule has 2 rings (SSSR count). The van der Waals surface area contributed by atoms with Gasteiger partial charge in [0.15, 0.2) is 0 Å². The van der Waals surface area contributed by atoms with Crippen LogP contribution in [0.3, 0.4) is 0 Å². The molecule has 2 aromatic carbocycles. The third kappa shape index (κ3) is 3.50. The van der Waals surface area contributed by atoms with Gasteiger partial charge in [-0.3, -0.25) is 14.9 Å². The van der Waals surface area contributed by atoms with Crippen LogP contribution >= 0.6 is 27.5 Å². The van der Waals surface area contributed by atoms with Gasteiger partial charge in [0.25, 0.3) is 11.6 Å². The summed E-state index contributed by atoms with van der Waals surface area (Å²) in [6, 6.07) is 8.68. The zero-order chi connectivity index (χ0) is 15.6. The van der Waals surface area contributed by atoms with Crippen molar-refractivity contribution in [3.63, 3.8) is 0 Å².